The summed E-state index contributed by atoms with van der Waals surface area (Å²) < 4.78 is 102. The summed E-state index contributed by atoms with van der Waals surface area (Å²) in [4.78, 5) is 0. The van der Waals surface area contributed by atoms with Crippen LogP contribution in [0.1, 0.15) is 83.1 Å². The predicted octanol–water partition coefficient (Wildman–Crippen LogP) is 10.7. The van der Waals surface area contributed by atoms with E-state index in [0.717, 1.165) is 0 Å². The van der Waals surface area contributed by atoms with Crippen molar-refractivity contribution >= 4 is 14.3 Å². The van der Waals surface area contributed by atoms with E-state index in [1.807, 2.05) is 30.3 Å². The number of alkyl halides is 9. The van der Waals surface area contributed by atoms with Crippen LogP contribution in [0.15, 0.2) is 30.3 Å². The van der Waals surface area contributed by atoms with Crippen molar-refractivity contribution in [3.8, 4) is 0 Å². The summed E-state index contributed by atoms with van der Waals surface area (Å²) in [6, 6.07) is 13.0. The van der Waals surface area contributed by atoms with Crippen LogP contribution in [0, 0.1) is 0 Å². The maximum Gasteiger partial charge on any atom is 4.00 e. The van der Waals surface area contributed by atoms with E-state index in [1.165, 1.54) is 0 Å². The average molecular weight is 736 g/mol. The topological polar surface area (TPSA) is 42.3 Å². The van der Waals surface area contributed by atoms with Crippen molar-refractivity contribution < 1.29 is 65.7 Å². The Morgan fingerprint density at radius 3 is 0.650 bits per heavy atom. The summed E-state index contributed by atoms with van der Waals surface area (Å²) in [5.74, 6) is 0. The van der Waals surface area contributed by atoms with Gasteiger partial charge in [-0.1, -0.05) is 83.1 Å². The first kappa shape index (κ1) is 49.7. The molecule has 0 aliphatic rings. The van der Waals surface area contributed by atoms with Gasteiger partial charge in [0.25, 0.3) is 0 Å². The van der Waals surface area contributed by atoms with E-state index in [2.05, 4.69) is 99.0 Å². The molecule has 40 heavy (non-hydrogen) atoms. The maximum absolute atomic E-state index is 11.3. The van der Waals surface area contributed by atoms with Gasteiger partial charge in [-0.15, -0.1) is 36.3 Å². The van der Waals surface area contributed by atoms with Crippen LogP contribution in [0.2, 0.25) is 0 Å². The first-order chi connectivity index (χ1) is 17.2. The molecule has 0 saturated heterocycles. The van der Waals surface area contributed by atoms with Gasteiger partial charge < -0.3 is 16.0 Å². The van der Waals surface area contributed by atoms with Crippen LogP contribution in [0.5, 0.6) is 0 Å². The molecule has 0 unspecified atom stereocenters. The predicted molar refractivity (Wildman–Crippen MR) is 147 cm³/mol. The third-order valence-electron chi connectivity index (χ3n) is 3.19. The largest absolute Gasteiger partial charge is 4.00 e. The van der Waals surface area contributed by atoms with Crippen LogP contribution in [-0.2, 0) is 26.2 Å². The van der Waals surface area contributed by atoms with E-state index in [-0.39, 0.29) is 26.2 Å². The van der Waals surface area contributed by atoms with Crippen LogP contribution in [0.3, 0.4) is 0 Å². The third-order valence-corrected chi connectivity index (χ3v) is 6.76. The van der Waals surface area contributed by atoms with Gasteiger partial charge in [-0.2, -0.15) is 18.2 Å². The molecule has 0 N–H and O–H groups in total. The van der Waals surface area contributed by atoms with Crippen molar-refractivity contribution in [3.05, 3.63) is 46.3 Å². The third kappa shape index (κ3) is 42.5. The second kappa shape index (κ2) is 25.5. The average Bonchev–Trinajstić information content (AvgIpc) is 3.14. The molecule has 3 nitrogen and oxygen atoms in total. The van der Waals surface area contributed by atoms with Gasteiger partial charge in [0.15, 0.2) is 0 Å². The molecule has 0 fully saturated rings. The van der Waals surface area contributed by atoms with E-state index < -0.39 is 29.4 Å². The Morgan fingerprint density at radius 2 is 0.625 bits per heavy atom. The molecular weight excluding hydrogens is 689 g/mol. The van der Waals surface area contributed by atoms with Gasteiger partial charge >= 0.3 is 95.1 Å². The minimum atomic E-state index is -7.10. The van der Waals surface area contributed by atoms with E-state index in [4.69, 9.17) is 0 Å². The number of hydrogen-bond acceptors (Lipinski definition) is 0. The Balaban J connectivity index is -0.000000132. The van der Waals surface area contributed by atoms with Crippen molar-refractivity contribution in [1.82, 2.24) is 0 Å². The monoisotopic (exact) mass is 736 g/mol. The zero-order chi connectivity index (χ0) is 32.2. The molecule has 1 rings (SSSR count). The molecule has 0 heterocycles. The molecule has 14 heteroatoms. The van der Waals surface area contributed by atoms with E-state index in [1.54, 1.807) is 0 Å². The zero-order valence-corrected chi connectivity index (χ0v) is 30.2. The number of nitrogens with zero attached hydrogens (tertiary/aromatic N) is 3. The van der Waals surface area contributed by atoms with E-state index >= 15 is 0 Å². The molecule has 1 aromatic rings. The van der Waals surface area contributed by atoms with Gasteiger partial charge in [-0.25, -0.2) is 12.1 Å². The Hall–Kier alpha value is 0.0260. The fraction of sp³-hybridized carbons (Fsp3) is 0.808. The maximum atomic E-state index is 11.3. The second-order valence-electron chi connectivity index (χ2n) is 9.84. The minimum absolute atomic E-state index is 0. The summed E-state index contributed by atoms with van der Waals surface area (Å²) in [7, 11) is 0. The van der Waals surface area contributed by atoms with Gasteiger partial charge in [0.2, 0.25) is 0 Å². The fourth-order valence-corrected chi connectivity index (χ4v) is 4.61. The normalized spacial score (nSPS) is 11.8. The molecule has 0 spiro atoms. The Labute approximate surface area is 259 Å². The number of hydrogen-bond donors (Lipinski definition) is 0. The van der Waals surface area contributed by atoms with Crippen molar-refractivity contribution in [1.29, 1.82) is 0 Å². The van der Waals surface area contributed by atoms with Gasteiger partial charge in [0.1, 0.15) is 0 Å². The number of halogens is 9. The van der Waals surface area contributed by atoms with E-state index in [0.29, 0.717) is 36.3 Å². The fourth-order valence-electron chi connectivity index (χ4n) is 2.59. The SMILES string of the molecule is CC(C)[N-]C(C)C.CC(C)[N-]C(C)C.CC(C)[N-]C(C)C.F[C](F)(F)[Ge]([C](F)(F)F)[C](F)(F)F.[Zr+4].c1cc[cH-]c1. The molecule has 237 valence electrons. The molecule has 0 atom stereocenters. The van der Waals surface area contributed by atoms with Gasteiger partial charge in [-0.3, -0.25) is 0 Å². The molecule has 0 amide bonds. The van der Waals surface area contributed by atoms with Crippen LogP contribution in [0.4, 0.5) is 39.5 Å². The second-order valence-corrected chi connectivity index (χ2v) is 15.0. The summed E-state index contributed by atoms with van der Waals surface area (Å²) in [6.07, 6.45) is 0. The minimum Gasteiger partial charge on any atom is -0.214 e. The summed E-state index contributed by atoms with van der Waals surface area (Å²) in [6.45, 7) is 25.2. The molecule has 0 aromatic heterocycles. The van der Waals surface area contributed by atoms with E-state index in [9.17, 15) is 39.5 Å². The van der Waals surface area contributed by atoms with Crippen molar-refractivity contribution in [2.75, 3.05) is 0 Å². The Morgan fingerprint density at radius 1 is 0.450 bits per heavy atom. The van der Waals surface area contributed by atoms with Gasteiger partial charge in [-0.05, 0) is 0 Å². The molecule has 0 saturated carbocycles. The smallest absolute Gasteiger partial charge is 0.214 e. The molecular formula is C26H47F9GeN3Zr. The zero-order valence-electron chi connectivity index (χ0n) is 25.6. The van der Waals surface area contributed by atoms with Gasteiger partial charge in [0.05, 0.1) is 0 Å². The Kier molecular flexibility index (Phi) is 31.7. The quantitative estimate of drug-likeness (QED) is 0.159. The molecule has 1 radical (unpaired) electrons. The van der Waals surface area contributed by atoms with Crippen molar-refractivity contribution in [2.45, 2.75) is 134 Å². The van der Waals surface area contributed by atoms with Crippen LogP contribution < -0.4 is 0 Å². The van der Waals surface area contributed by atoms with Crippen molar-refractivity contribution in [2.24, 2.45) is 0 Å². The first-order valence-corrected chi connectivity index (χ1v) is 15.7. The molecule has 0 bridgehead atoms. The van der Waals surface area contributed by atoms with Crippen LogP contribution in [0.25, 0.3) is 16.0 Å². The van der Waals surface area contributed by atoms with Crippen molar-refractivity contribution in [3.63, 3.8) is 0 Å². The molecule has 1 aromatic carbocycles. The summed E-state index contributed by atoms with van der Waals surface area (Å²) >= 11 is -7.10. The molecule has 0 aliphatic heterocycles. The standard InChI is InChI=1S/3C6H14N.C5H5.C3F9Ge.Zr/c3*1-5(2)7-6(3)4;1-2-4-5-3-1;4-1(5,6)13(2(7,8)9)3(10,11)12;/h3*5-6H,1-4H3;1-5H;;/q4*-1;;+4. The Bertz CT molecular complexity index is 529. The van der Waals surface area contributed by atoms with Crippen LogP contribution in [-0.4, -0.2) is 65.6 Å². The summed E-state index contributed by atoms with van der Waals surface area (Å²) in [5.41, 5.74) is 0. The van der Waals surface area contributed by atoms with Crippen LogP contribution >= 0.6 is 0 Å². The first-order valence-electron chi connectivity index (χ1n) is 12.6. The van der Waals surface area contributed by atoms with Gasteiger partial charge in [0, 0.05) is 0 Å². The molecule has 0 aliphatic carbocycles. The number of rotatable bonds is 6. The summed E-state index contributed by atoms with van der Waals surface area (Å²) in [5, 5.41) is -5.76.